The van der Waals surface area contributed by atoms with Gasteiger partial charge in [0, 0.05) is 6.20 Å². The van der Waals surface area contributed by atoms with Crippen LogP contribution >= 0.6 is 0 Å². The number of rotatable bonds is 2. The van der Waals surface area contributed by atoms with Crippen LogP contribution in [0.2, 0.25) is 0 Å². The van der Waals surface area contributed by atoms with Crippen molar-refractivity contribution in [1.82, 2.24) is 4.98 Å². The Morgan fingerprint density at radius 2 is 2.06 bits per heavy atom. The van der Waals surface area contributed by atoms with Crippen LogP contribution in [0.4, 0.5) is 13.2 Å². The number of aromatic nitrogens is 1. The van der Waals surface area contributed by atoms with Gasteiger partial charge in [-0.25, -0.2) is 0 Å². The maximum Gasteiger partial charge on any atom is 0.424 e. The Hall–Kier alpha value is -2.25. The molecule has 0 saturated heterocycles. The summed E-state index contributed by atoms with van der Waals surface area (Å²) in [6.45, 7) is 0. The Kier molecular flexibility index (Phi) is 2.64. The second kappa shape index (κ2) is 3.90. The summed E-state index contributed by atoms with van der Waals surface area (Å²) in [6, 6.07) is 4.49. The van der Waals surface area contributed by atoms with Gasteiger partial charge in [0.15, 0.2) is 0 Å². The van der Waals surface area contributed by atoms with Crippen molar-refractivity contribution in [2.24, 2.45) is 10.2 Å². The van der Waals surface area contributed by atoms with Crippen LogP contribution in [-0.4, -0.2) is 22.7 Å². The van der Waals surface area contributed by atoms with Crippen LogP contribution in [0.25, 0.3) is 5.70 Å². The van der Waals surface area contributed by atoms with E-state index in [-0.39, 0.29) is 11.4 Å². The number of aliphatic carboxylic acids is 1. The summed E-state index contributed by atoms with van der Waals surface area (Å²) in [5.74, 6) is -2.37. The second-order valence-electron chi connectivity index (χ2n) is 3.50. The molecule has 0 bridgehead atoms. The predicted octanol–water partition coefficient (Wildman–Crippen LogP) is 0.939. The zero-order valence-corrected chi connectivity index (χ0v) is 8.68. The van der Waals surface area contributed by atoms with Gasteiger partial charge in [-0.1, -0.05) is 6.07 Å². The lowest BCUT2D eigenvalue weighted by Crippen LogP contribution is -2.54. The highest BCUT2D eigenvalue weighted by Crippen LogP contribution is 2.41. The van der Waals surface area contributed by atoms with Gasteiger partial charge in [-0.3, -0.25) is 4.98 Å². The van der Waals surface area contributed by atoms with Crippen LogP contribution in [0, 0.1) is 0 Å². The minimum absolute atomic E-state index is 0.105. The molecule has 0 saturated carbocycles. The van der Waals surface area contributed by atoms with Gasteiger partial charge in [0.05, 0.1) is 11.7 Å². The van der Waals surface area contributed by atoms with Gasteiger partial charge >= 0.3 is 6.18 Å². The minimum Gasteiger partial charge on any atom is -0.547 e. The van der Waals surface area contributed by atoms with E-state index in [0.29, 0.717) is 6.08 Å². The first-order valence-electron chi connectivity index (χ1n) is 4.72. The third-order valence-electron chi connectivity index (χ3n) is 2.33. The van der Waals surface area contributed by atoms with E-state index in [0.717, 1.165) is 0 Å². The van der Waals surface area contributed by atoms with Crippen LogP contribution in [0.15, 0.2) is 40.7 Å². The fourth-order valence-electron chi connectivity index (χ4n) is 1.38. The number of carbonyl (C=O) groups is 1. The highest BCUT2D eigenvalue weighted by atomic mass is 19.4. The van der Waals surface area contributed by atoms with Crippen LogP contribution in [-0.2, 0) is 4.79 Å². The first kappa shape index (κ1) is 12.2. The Morgan fingerprint density at radius 1 is 1.33 bits per heavy atom. The highest BCUT2D eigenvalue weighted by Gasteiger charge is 2.58. The average molecular weight is 256 g/mol. The molecule has 2 heterocycles. The lowest BCUT2D eigenvalue weighted by atomic mass is 9.99. The molecular weight excluding hydrogens is 251 g/mol. The third-order valence-corrected chi connectivity index (χ3v) is 2.33. The molecular formula is C10H5F3N3O2-. The number of azo groups is 1. The number of halogens is 3. The van der Waals surface area contributed by atoms with Gasteiger partial charge < -0.3 is 9.90 Å². The van der Waals surface area contributed by atoms with Crippen molar-refractivity contribution in [1.29, 1.82) is 0 Å². The van der Waals surface area contributed by atoms with Crippen molar-refractivity contribution in [2.45, 2.75) is 11.7 Å². The average Bonchev–Trinajstić information content (AvgIpc) is 2.75. The Bertz CT molecular complexity index is 539. The summed E-state index contributed by atoms with van der Waals surface area (Å²) in [5.41, 5.74) is -3.58. The van der Waals surface area contributed by atoms with Crippen molar-refractivity contribution >= 4 is 11.7 Å². The van der Waals surface area contributed by atoms with E-state index in [9.17, 15) is 23.1 Å². The summed E-state index contributed by atoms with van der Waals surface area (Å²) in [6.07, 6.45) is -3.38. The molecule has 5 nitrogen and oxygen atoms in total. The minimum atomic E-state index is -5.12. The number of hydrogen-bond acceptors (Lipinski definition) is 5. The first-order chi connectivity index (χ1) is 8.37. The summed E-state index contributed by atoms with van der Waals surface area (Å²) in [7, 11) is 0. The molecule has 1 aromatic rings. The van der Waals surface area contributed by atoms with E-state index < -0.39 is 17.7 Å². The number of carboxylic acids is 1. The zero-order chi connectivity index (χ0) is 13.4. The quantitative estimate of drug-likeness (QED) is 0.789. The standard InChI is InChI=1S/C10H6F3N3O2/c11-10(12,13)9(8(17)18)5-7(15-16-9)6-3-1-2-4-14-6/h1-5H,(H,17,18)/p-1. The van der Waals surface area contributed by atoms with Crippen LogP contribution in [0.1, 0.15) is 5.69 Å². The van der Waals surface area contributed by atoms with Crippen LogP contribution in [0.3, 0.4) is 0 Å². The molecule has 1 aliphatic heterocycles. The van der Waals surface area contributed by atoms with Gasteiger partial charge in [-0.15, -0.1) is 0 Å². The molecule has 1 aliphatic rings. The van der Waals surface area contributed by atoms with Crippen molar-refractivity contribution < 1.29 is 23.1 Å². The maximum absolute atomic E-state index is 12.7. The van der Waals surface area contributed by atoms with Crippen molar-refractivity contribution in [3.05, 3.63) is 36.2 Å². The molecule has 0 fully saturated rings. The fraction of sp³-hybridized carbons (Fsp3) is 0.200. The predicted molar refractivity (Wildman–Crippen MR) is 50.9 cm³/mol. The van der Waals surface area contributed by atoms with Gasteiger partial charge in [0.25, 0.3) is 0 Å². The molecule has 0 N–H and O–H groups in total. The largest absolute Gasteiger partial charge is 0.547 e. The number of pyridine rings is 1. The van der Waals surface area contributed by atoms with Crippen molar-refractivity contribution in [3.8, 4) is 0 Å². The third kappa shape index (κ3) is 1.75. The molecule has 1 atom stereocenters. The smallest absolute Gasteiger partial charge is 0.424 e. The number of carboxylic acid groups (broad SMARTS) is 1. The molecule has 0 spiro atoms. The van der Waals surface area contributed by atoms with E-state index in [4.69, 9.17) is 0 Å². The van der Waals surface area contributed by atoms with Crippen molar-refractivity contribution in [3.63, 3.8) is 0 Å². The lowest BCUT2D eigenvalue weighted by molar-refractivity contribution is -0.324. The van der Waals surface area contributed by atoms with Gasteiger partial charge in [0.2, 0.25) is 5.54 Å². The monoisotopic (exact) mass is 256 g/mol. The fourth-order valence-corrected chi connectivity index (χ4v) is 1.38. The van der Waals surface area contributed by atoms with E-state index in [2.05, 4.69) is 15.2 Å². The molecule has 0 aromatic carbocycles. The Morgan fingerprint density at radius 3 is 2.50 bits per heavy atom. The molecule has 8 heteroatoms. The zero-order valence-electron chi connectivity index (χ0n) is 8.68. The highest BCUT2D eigenvalue weighted by molar-refractivity contribution is 5.86. The maximum atomic E-state index is 12.7. The molecule has 2 rings (SSSR count). The number of carbonyl (C=O) groups excluding carboxylic acids is 1. The molecule has 18 heavy (non-hydrogen) atoms. The summed E-state index contributed by atoms with van der Waals surface area (Å²) in [4.78, 5) is 14.5. The molecule has 0 aliphatic carbocycles. The summed E-state index contributed by atoms with van der Waals surface area (Å²) < 4.78 is 38.1. The number of alkyl halides is 3. The van der Waals surface area contributed by atoms with E-state index in [1.165, 1.54) is 18.3 Å². The SMILES string of the molecule is O=C([O-])C1(C(F)(F)F)C=C(c2ccccn2)N=N1. The van der Waals surface area contributed by atoms with E-state index >= 15 is 0 Å². The normalized spacial score (nSPS) is 22.9. The molecule has 0 radical (unpaired) electrons. The summed E-state index contributed by atoms with van der Waals surface area (Å²) in [5, 5.41) is 16.7. The molecule has 1 unspecified atom stereocenters. The number of hydrogen-bond donors (Lipinski definition) is 0. The van der Waals surface area contributed by atoms with Gasteiger partial charge in [-0.05, 0) is 18.2 Å². The molecule has 1 aromatic heterocycles. The topological polar surface area (TPSA) is 77.7 Å². The second-order valence-corrected chi connectivity index (χ2v) is 3.50. The first-order valence-corrected chi connectivity index (χ1v) is 4.72. The van der Waals surface area contributed by atoms with Crippen LogP contribution < -0.4 is 5.11 Å². The summed E-state index contributed by atoms with van der Waals surface area (Å²) >= 11 is 0. The Balaban J connectivity index is 2.49. The molecule has 0 amide bonds. The lowest BCUT2D eigenvalue weighted by Gasteiger charge is -2.25. The van der Waals surface area contributed by atoms with E-state index in [1.807, 2.05) is 0 Å². The van der Waals surface area contributed by atoms with Gasteiger partial charge in [-0.2, -0.15) is 23.4 Å². The van der Waals surface area contributed by atoms with Crippen molar-refractivity contribution in [2.75, 3.05) is 0 Å². The van der Waals surface area contributed by atoms with Gasteiger partial charge in [0.1, 0.15) is 5.70 Å². The molecule has 94 valence electrons. The van der Waals surface area contributed by atoms with E-state index in [1.54, 1.807) is 6.07 Å². The van der Waals surface area contributed by atoms with Crippen LogP contribution in [0.5, 0.6) is 0 Å². The number of nitrogens with zero attached hydrogens (tertiary/aromatic N) is 3. The Labute approximate surface area is 98.7 Å².